The van der Waals surface area contributed by atoms with Crippen molar-refractivity contribution in [3.63, 3.8) is 0 Å². The Hall–Kier alpha value is -1.22. The Balaban J connectivity index is 1.85. The number of benzene rings is 1. The fourth-order valence-electron chi connectivity index (χ4n) is 1.55. The lowest BCUT2D eigenvalue weighted by atomic mass is 10.2. The number of hydrogen-bond donors (Lipinski definition) is 2. The summed E-state index contributed by atoms with van der Waals surface area (Å²) >= 11 is 6.10. The van der Waals surface area contributed by atoms with E-state index in [1.807, 2.05) is 0 Å². The van der Waals surface area contributed by atoms with Crippen LogP contribution in [0.5, 0.6) is 0 Å². The summed E-state index contributed by atoms with van der Waals surface area (Å²) in [6.07, 6.45) is 2.37. The van der Waals surface area contributed by atoms with Crippen molar-refractivity contribution in [2.75, 3.05) is 12.3 Å². The van der Waals surface area contributed by atoms with Gasteiger partial charge in [0, 0.05) is 17.8 Å². The average molecular weight is 239 g/mol. The summed E-state index contributed by atoms with van der Waals surface area (Å²) in [6, 6.07) is 6.86. The molecule has 1 fully saturated rings. The van der Waals surface area contributed by atoms with Crippen molar-refractivity contribution >= 4 is 23.2 Å². The van der Waals surface area contributed by atoms with Gasteiger partial charge in [-0.25, -0.2) is 0 Å². The lowest BCUT2D eigenvalue weighted by Gasteiger charge is -2.09. The van der Waals surface area contributed by atoms with Gasteiger partial charge in [0.05, 0.1) is 5.38 Å². The van der Waals surface area contributed by atoms with E-state index in [1.54, 1.807) is 24.3 Å². The van der Waals surface area contributed by atoms with Crippen LogP contribution in [0.1, 0.15) is 23.2 Å². The van der Waals surface area contributed by atoms with Crippen molar-refractivity contribution in [2.24, 2.45) is 5.92 Å². The van der Waals surface area contributed by atoms with E-state index in [4.69, 9.17) is 17.3 Å². The fraction of sp³-hybridized carbons (Fsp3) is 0.417. The first-order valence-electron chi connectivity index (χ1n) is 5.44. The number of nitrogen functional groups attached to an aromatic ring is 1. The van der Waals surface area contributed by atoms with Gasteiger partial charge in [-0.2, -0.15) is 0 Å². The predicted molar refractivity (Wildman–Crippen MR) is 65.6 cm³/mol. The minimum atomic E-state index is -0.0914. The summed E-state index contributed by atoms with van der Waals surface area (Å²) in [6.45, 7) is 0.537. The highest BCUT2D eigenvalue weighted by molar-refractivity contribution is 6.21. The maximum Gasteiger partial charge on any atom is 0.251 e. The monoisotopic (exact) mass is 238 g/mol. The minimum absolute atomic E-state index is 0.0673. The van der Waals surface area contributed by atoms with Crippen LogP contribution in [0.2, 0.25) is 0 Å². The summed E-state index contributed by atoms with van der Waals surface area (Å²) in [7, 11) is 0. The number of halogens is 1. The van der Waals surface area contributed by atoms with Crippen LogP contribution in [0.25, 0.3) is 0 Å². The van der Waals surface area contributed by atoms with Crippen molar-refractivity contribution in [3.8, 4) is 0 Å². The lowest BCUT2D eigenvalue weighted by Crippen LogP contribution is -2.30. The Kier molecular flexibility index (Phi) is 3.34. The summed E-state index contributed by atoms with van der Waals surface area (Å²) in [5.74, 6) is 0.500. The van der Waals surface area contributed by atoms with Gasteiger partial charge in [0.15, 0.2) is 0 Å². The molecule has 3 nitrogen and oxygen atoms in total. The molecular formula is C12H15ClN2O. The van der Waals surface area contributed by atoms with E-state index in [2.05, 4.69) is 5.32 Å². The van der Waals surface area contributed by atoms with Crippen LogP contribution in [0.15, 0.2) is 24.3 Å². The fourth-order valence-corrected chi connectivity index (χ4v) is 1.88. The van der Waals surface area contributed by atoms with Crippen LogP contribution in [0.3, 0.4) is 0 Å². The van der Waals surface area contributed by atoms with Crippen molar-refractivity contribution in [1.82, 2.24) is 5.32 Å². The standard InChI is InChI=1S/C12H15ClN2O/c13-11(8-1-2-8)7-15-12(16)9-3-5-10(14)6-4-9/h3-6,8,11H,1-2,7,14H2,(H,15,16). The van der Waals surface area contributed by atoms with E-state index in [-0.39, 0.29) is 11.3 Å². The topological polar surface area (TPSA) is 55.1 Å². The molecule has 1 atom stereocenters. The second kappa shape index (κ2) is 4.74. The van der Waals surface area contributed by atoms with Crippen LogP contribution in [-0.2, 0) is 0 Å². The van der Waals surface area contributed by atoms with Crippen LogP contribution < -0.4 is 11.1 Å². The summed E-state index contributed by atoms with van der Waals surface area (Å²) < 4.78 is 0. The molecule has 0 heterocycles. The largest absolute Gasteiger partial charge is 0.399 e. The number of amides is 1. The van der Waals surface area contributed by atoms with Gasteiger partial charge in [-0.3, -0.25) is 4.79 Å². The summed E-state index contributed by atoms with van der Waals surface area (Å²) in [4.78, 5) is 11.7. The molecule has 1 aliphatic carbocycles. The van der Waals surface area contributed by atoms with Crippen molar-refractivity contribution in [1.29, 1.82) is 0 Å². The molecule has 2 rings (SSSR count). The number of alkyl halides is 1. The van der Waals surface area contributed by atoms with Gasteiger partial charge in [0.1, 0.15) is 0 Å². The zero-order valence-electron chi connectivity index (χ0n) is 8.95. The molecule has 1 unspecified atom stereocenters. The Labute approximate surface area is 100.0 Å². The molecule has 1 amide bonds. The molecule has 0 spiro atoms. The molecule has 0 aliphatic heterocycles. The number of rotatable bonds is 4. The van der Waals surface area contributed by atoms with E-state index >= 15 is 0 Å². The molecule has 16 heavy (non-hydrogen) atoms. The minimum Gasteiger partial charge on any atom is -0.399 e. The normalized spacial score (nSPS) is 16.8. The highest BCUT2D eigenvalue weighted by Crippen LogP contribution is 2.35. The number of hydrogen-bond acceptors (Lipinski definition) is 2. The zero-order valence-corrected chi connectivity index (χ0v) is 9.70. The molecule has 0 aromatic heterocycles. The second-order valence-corrected chi connectivity index (χ2v) is 4.75. The number of nitrogens with one attached hydrogen (secondary N) is 1. The Morgan fingerprint density at radius 3 is 2.62 bits per heavy atom. The third kappa shape index (κ3) is 2.89. The quantitative estimate of drug-likeness (QED) is 0.623. The molecule has 3 N–H and O–H groups in total. The maximum atomic E-state index is 11.7. The van der Waals surface area contributed by atoms with Crippen LogP contribution in [0.4, 0.5) is 5.69 Å². The highest BCUT2D eigenvalue weighted by Gasteiger charge is 2.29. The number of carbonyl (C=O) groups excluding carboxylic acids is 1. The van der Waals surface area contributed by atoms with Crippen molar-refractivity contribution in [2.45, 2.75) is 18.2 Å². The number of anilines is 1. The second-order valence-electron chi connectivity index (χ2n) is 4.19. The smallest absolute Gasteiger partial charge is 0.251 e. The molecule has 1 aliphatic rings. The van der Waals surface area contributed by atoms with Crippen LogP contribution in [-0.4, -0.2) is 17.8 Å². The molecule has 0 bridgehead atoms. The summed E-state index contributed by atoms with van der Waals surface area (Å²) in [5.41, 5.74) is 6.82. The highest BCUT2D eigenvalue weighted by atomic mass is 35.5. The molecule has 0 saturated heterocycles. The van der Waals surface area contributed by atoms with Crippen molar-refractivity contribution in [3.05, 3.63) is 29.8 Å². The van der Waals surface area contributed by atoms with Crippen LogP contribution >= 0.6 is 11.6 Å². The SMILES string of the molecule is Nc1ccc(C(=O)NCC(Cl)C2CC2)cc1. The van der Waals surface area contributed by atoms with Crippen molar-refractivity contribution < 1.29 is 4.79 Å². The molecule has 4 heteroatoms. The van der Waals surface area contributed by atoms with Gasteiger partial charge in [0.2, 0.25) is 0 Å². The molecule has 1 saturated carbocycles. The van der Waals surface area contributed by atoms with Gasteiger partial charge >= 0.3 is 0 Å². The third-order valence-corrected chi connectivity index (χ3v) is 3.27. The predicted octanol–water partition coefficient (Wildman–Crippen LogP) is 2.02. The molecule has 86 valence electrons. The first kappa shape index (κ1) is 11.3. The third-order valence-electron chi connectivity index (χ3n) is 2.76. The zero-order chi connectivity index (χ0) is 11.5. The van der Waals surface area contributed by atoms with Crippen LogP contribution in [0, 0.1) is 5.92 Å². The Morgan fingerprint density at radius 1 is 1.44 bits per heavy atom. The summed E-state index contributed by atoms with van der Waals surface area (Å²) in [5, 5.41) is 2.90. The molecule has 1 aromatic rings. The first-order chi connectivity index (χ1) is 7.66. The van der Waals surface area contributed by atoms with Gasteiger partial charge in [-0.1, -0.05) is 0 Å². The van der Waals surface area contributed by atoms with E-state index in [0.717, 1.165) is 0 Å². The number of nitrogens with two attached hydrogens (primary N) is 1. The molecular weight excluding hydrogens is 224 g/mol. The number of carbonyl (C=O) groups is 1. The first-order valence-corrected chi connectivity index (χ1v) is 5.88. The Morgan fingerprint density at radius 2 is 2.06 bits per heavy atom. The molecule has 1 aromatic carbocycles. The van der Waals surface area contributed by atoms with Gasteiger partial charge in [0.25, 0.3) is 5.91 Å². The van der Waals surface area contributed by atoms with E-state index in [1.165, 1.54) is 12.8 Å². The van der Waals surface area contributed by atoms with Gasteiger partial charge < -0.3 is 11.1 Å². The van der Waals surface area contributed by atoms with E-state index < -0.39 is 0 Å². The maximum absolute atomic E-state index is 11.7. The van der Waals surface area contributed by atoms with E-state index in [0.29, 0.717) is 23.7 Å². The lowest BCUT2D eigenvalue weighted by molar-refractivity contribution is 0.0953. The Bertz CT molecular complexity index is 373. The molecule has 0 radical (unpaired) electrons. The van der Waals surface area contributed by atoms with Gasteiger partial charge in [-0.05, 0) is 43.0 Å². The van der Waals surface area contributed by atoms with E-state index in [9.17, 15) is 4.79 Å². The average Bonchev–Trinajstić information content (AvgIpc) is 3.10. The van der Waals surface area contributed by atoms with Gasteiger partial charge in [-0.15, -0.1) is 11.6 Å².